The summed E-state index contributed by atoms with van der Waals surface area (Å²) in [5.41, 5.74) is -4.45. The normalized spacial score (nSPS) is 21.7. The summed E-state index contributed by atoms with van der Waals surface area (Å²) in [5.74, 6) is 1.30. The lowest BCUT2D eigenvalue weighted by molar-refractivity contribution is -0.144. The highest BCUT2D eigenvalue weighted by Gasteiger charge is 2.64. The molecule has 16 heteroatoms. The van der Waals surface area contributed by atoms with Gasteiger partial charge in [0, 0.05) is 11.9 Å². The molecule has 4 aliphatic rings. The fraction of sp³-hybridized carbons (Fsp3) is 0.438. The predicted octanol–water partition coefficient (Wildman–Crippen LogP) is 11.5. The zero-order valence-electron chi connectivity index (χ0n) is 35.5. The van der Waals surface area contributed by atoms with Crippen LogP contribution in [-0.2, 0) is 45.3 Å². The molecule has 4 fully saturated rings. The minimum absolute atomic E-state index is 0.0110. The van der Waals surface area contributed by atoms with E-state index in [0.717, 1.165) is 18.8 Å². The number of imide groups is 1. The third-order valence-electron chi connectivity index (χ3n) is 12.5. The van der Waals surface area contributed by atoms with Gasteiger partial charge in [0.25, 0.3) is 5.91 Å². The molecule has 0 aromatic heterocycles. The lowest BCUT2D eigenvalue weighted by atomic mass is 9.74. The standard InChI is InChI=1S/C44H43F6N3O6.C4H7Br/c1-29(33-21-35(43(45,46)47)23-36(22-33)44(48,49)50)59-28-42(34-11-7-4-8-12-34)20-19-41(27-53(42)40(56)58-26-32-9-5-3-6-10-32)38(54)51(39(55)52(41)25-31-13-14-31)24-30-15-17-37(57-2)18-16-30;5-3-4-1-2-4/h3-12,15-18,21-23,29,31H,13-14,19-20,24-28H2,1-2H3;4H,1-3H2/t29-,41?,42-;/m1./s1. The van der Waals surface area contributed by atoms with Crippen LogP contribution in [0.5, 0.6) is 5.75 Å². The molecule has 4 aromatic rings. The topological polar surface area (TPSA) is 88.6 Å². The molecule has 0 N–H and O–H groups in total. The van der Waals surface area contributed by atoms with Gasteiger partial charge >= 0.3 is 24.5 Å². The van der Waals surface area contributed by atoms with Gasteiger partial charge < -0.3 is 19.1 Å². The minimum Gasteiger partial charge on any atom is -0.497 e. The van der Waals surface area contributed by atoms with E-state index in [0.29, 0.717) is 34.6 Å². The van der Waals surface area contributed by atoms with Crippen LogP contribution in [0.1, 0.15) is 84.9 Å². The molecule has 4 amide bonds. The number of hydrogen-bond acceptors (Lipinski definition) is 6. The number of benzene rings is 4. The van der Waals surface area contributed by atoms with Crippen LogP contribution in [0.15, 0.2) is 103 Å². The SMILES string of the molecule is BrCC1CC1.COc1ccc(CN2C(=O)N(CC3CC3)C3(CC[C@@](CO[C@H](C)c4cc(C(F)(F)F)cc(C(F)(F)F)c4)(c4ccccc4)N(C(=O)OCc4ccccc4)C3)C2=O)cc1. The Hall–Kier alpha value is -5.09. The van der Waals surface area contributed by atoms with Gasteiger partial charge in [0.15, 0.2) is 0 Å². The minimum atomic E-state index is -5.07. The summed E-state index contributed by atoms with van der Waals surface area (Å²) >= 11 is 3.38. The number of carbonyl (C=O) groups is 3. The summed E-state index contributed by atoms with van der Waals surface area (Å²) in [6, 6.07) is 25.3. The first-order chi connectivity index (χ1) is 30.5. The maximum atomic E-state index is 14.8. The van der Waals surface area contributed by atoms with Gasteiger partial charge in [0.05, 0.1) is 49.6 Å². The van der Waals surface area contributed by atoms with Crippen LogP contribution in [0.25, 0.3) is 0 Å². The van der Waals surface area contributed by atoms with Crippen molar-refractivity contribution in [3.8, 4) is 5.75 Å². The molecule has 342 valence electrons. The molecule has 1 spiro atoms. The van der Waals surface area contributed by atoms with E-state index in [4.69, 9.17) is 14.2 Å². The lowest BCUT2D eigenvalue weighted by Crippen LogP contribution is -2.68. The Kier molecular flexibility index (Phi) is 14.0. The lowest BCUT2D eigenvalue weighted by Gasteiger charge is -2.53. The summed E-state index contributed by atoms with van der Waals surface area (Å²) in [7, 11) is 1.53. The fourth-order valence-corrected chi connectivity index (χ4v) is 8.89. The van der Waals surface area contributed by atoms with Crippen LogP contribution < -0.4 is 4.74 Å². The van der Waals surface area contributed by atoms with Crippen molar-refractivity contribution in [1.29, 1.82) is 0 Å². The van der Waals surface area contributed by atoms with Gasteiger partial charge in [0.2, 0.25) is 0 Å². The molecular weight excluding hydrogens is 908 g/mol. The zero-order valence-corrected chi connectivity index (χ0v) is 37.1. The highest BCUT2D eigenvalue weighted by Crippen LogP contribution is 2.49. The van der Waals surface area contributed by atoms with Crippen LogP contribution in [0, 0.1) is 11.8 Å². The van der Waals surface area contributed by atoms with Crippen molar-refractivity contribution < 1.29 is 54.9 Å². The highest BCUT2D eigenvalue weighted by molar-refractivity contribution is 9.09. The number of ether oxygens (including phenoxy) is 3. The molecule has 9 nitrogen and oxygen atoms in total. The summed E-state index contributed by atoms with van der Waals surface area (Å²) in [4.78, 5) is 48.0. The Morgan fingerprint density at radius 3 is 1.92 bits per heavy atom. The maximum Gasteiger partial charge on any atom is 0.416 e. The number of nitrogens with zero attached hydrogens (tertiary/aromatic N) is 3. The van der Waals surface area contributed by atoms with E-state index in [2.05, 4.69) is 15.9 Å². The summed E-state index contributed by atoms with van der Waals surface area (Å²) in [6.07, 6.45) is -7.60. The highest BCUT2D eigenvalue weighted by atomic mass is 79.9. The second-order valence-electron chi connectivity index (χ2n) is 17.0. The van der Waals surface area contributed by atoms with Gasteiger partial charge in [-0.15, -0.1) is 0 Å². The first-order valence-electron chi connectivity index (χ1n) is 21.2. The molecule has 2 aliphatic heterocycles. The van der Waals surface area contributed by atoms with Crippen LogP contribution in [0.2, 0.25) is 0 Å². The van der Waals surface area contributed by atoms with Gasteiger partial charge in [-0.2, -0.15) is 26.3 Å². The number of methoxy groups -OCH3 is 1. The van der Waals surface area contributed by atoms with E-state index in [-0.39, 0.29) is 56.6 Å². The van der Waals surface area contributed by atoms with Crippen LogP contribution >= 0.6 is 15.9 Å². The van der Waals surface area contributed by atoms with Crippen molar-refractivity contribution in [2.24, 2.45) is 11.8 Å². The zero-order chi connectivity index (χ0) is 45.9. The molecule has 3 atom stereocenters. The molecule has 2 heterocycles. The Morgan fingerprint density at radius 1 is 0.797 bits per heavy atom. The van der Waals surface area contributed by atoms with Crippen molar-refractivity contribution >= 4 is 34.0 Å². The van der Waals surface area contributed by atoms with Crippen molar-refractivity contribution in [3.63, 3.8) is 0 Å². The number of urea groups is 1. The average molecular weight is 959 g/mol. The second kappa shape index (κ2) is 19.2. The predicted molar refractivity (Wildman–Crippen MR) is 229 cm³/mol. The summed E-state index contributed by atoms with van der Waals surface area (Å²) < 4.78 is 101. The van der Waals surface area contributed by atoms with Crippen molar-refractivity contribution in [2.45, 2.75) is 88.1 Å². The van der Waals surface area contributed by atoms with E-state index in [1.54, 1.807) is 89.8 Å². The van der Waals surface area contributed by atoms with Gasteiger partial charge in [-0.05, 0) is 110 Å². The third kappa shape index (κ3) is 10.5. The number of alkyl halides is 7. The smallest absolute Gasteiger partial charge is 0.416 e. The number of likely N-dealkylation sites (tertiary alicyclic amines) is 1. The molecular formula is C48H50BrF6N3O6. The largest absolute Gasteiger partial charge is 0.497 e. The van der Waals surface area contributed by atoms with Crippen molar-refractivity contribution in [1.82, 2.24) is 14.7 Å². The molecule has 0 bridgehead atoms. The maximum absolute atomic E-state index is 14.8. The third-order valence-corrected chi connectivity index (χ3v) is 13.4. The van der Waals surface area contributed by atoms with Crippen LogP contribution in [0.3, 0.4) is 0 Å². The summed E-state index contributed by atoms with van der Waals surface area (Å²) in [5, 5.41) is 1.23. The van der Waals surface area contributed by atoms with E-state index in [1.165, 1.54) is 42.0 Å². The quantitative estimate of drug-likeness (QED) is 0.0753. The van der Waals surface area contributed by atoms with Gasteiger partial charge in [-0.3, -0.25) is 14.6 Å². The molecule has 64 heavy (non-hydrogen) atoms. The number of carbonyl (C=O) groups excluding carboxylic acids is 3. The number of hydrogen-bond donors (Lipinski definition) is 0. The molecule has 2 saturated carbocycles. The van der Waals surface area contributed by atoms with E-state index < -0.39 is 65.3 Å². The number of amides is 4. The second-order valence-corrected chi connectivity index (χ2v) is 17.7. The first kappa shape index (κ1) is 46.9. The van der Waals surface area contributed by atoms with Crippen LogP contribution in [0.4, 0.5) is 35.9 Å². The van der Waals surface area contributed by atoms with E-state index in [9.17, 15) is 40.7 Å². The van der Waals surface area contributed by atoms with Crippen molar-refractivity contribution in [2.75, 3.05) is 32.1 Å². The first-order valence-corrected chi connectivity index (χ1v) is 22.4. The van der Waals surface area contributed by atoms with Gasteiger partial charge in [-0.25, -0.2) is 9.59 Å². The Labute approximate surface area is 376 Å². The number of rotatable bonds is 13. The fourth-order valence-electron chi connectivity index (χ4n) is 8.25. The summed E-state index contributed by atoms with van der Waals surface area (Å²) in [6.45, 7) is 0.685. The average Bonchev–Trinajstić information content (AvgIpc) is 4.25. The molecule has 1 unspecified atom stereocenters. The molecule has 2 aliphatic carbocycles. The van der Waals surface area contributed by atoms with E-state index >= 15 is 0 Å². The molecule has 8 rings (SSSR count). The number of halogens is 7. The molecule has 2 saturated heterocycles. The van der Waals surface area contributed by atoms with Gasteiger partial charge in [0.1, 0.15) is 17.9 Å². The molecule has 0 radical (unpaired) electrons. The van der Waals surface area contributed by atoms with E-state index in [1.807, 2.05) is 0 Å². The van der Waals surface area contributed by atoms with Crippen LogP contribution in [-0.4, -0.2) is 70.4 Å². The Morgan fingerprint density at radius 2 is 1.39 bits per heavy atom. The number of piperidine rings is 1. The monoisotopic (exact) mass is 957 g/mol. The Balaban J connectivity index is 0.00000114. The van der Waals surface area contributed by atoms with Crippen molar-refractivity contribution in [3.05, 3.63) is 137 Å². The van der Waals surface area contributed by atoms with Gasteiger partial charge in [-0.1, -0.05) is 88.7 Å². The Bertz CT molecular complexity index is 2230. The molecule has 4 aromatic carbocycles.